The zero-order valence-electron chi connectivity index (χ0n) is 16.8. The zero-order chi connectivity index (χ0) is 20.4. The fraction of sp³-hybridized carbons (Fsp3) is 0.333. The molecule has 1 aliphatic heterocycles. The number of nitrogens with zero attached hydrogens (tertiary/aromatic N) is 1. The van der Waals surface area contributed by atoms with E-state index in [0.29, 0.717) is 29.7 Å². The van der Waals surface area contributed by atoms with Crippen molar-refractivity contribution in [2.24, 2.45) is 0 Å². The van der Waals surface area contributed by atoms with E-state index in [1.54, 1.807) is 23.1 Å². The van der Waals surface area contributed by atoms with Gasteiger partial charge in [0.1, 0.15) is 11.3 Å². The number of rotatable bonds is 7. The van der Waals surface area contributed by atoms with Crippen LogP contribution in [0.25, 0.3) is 11.0 Å². The number of carbonyl (C=O) groups excluding carboxylic acids is 1. The van der Waals surface area contributed by atoms with E-state index < -0.39 is 6.04 Å². The molecule has 2 aromatic carbocycles. The highest BCUT2D eigenvalue weighted by atomic mass is 16.5. The summed E-state index contributed by atoms with van der Waals surface area (Å²) in [6.45, 7) is 5.37. The molecule has 0 bridgehead atoms. The van der Waals surface area contributed by atoms with Gasteiger partial charge < -0.3 is 14.1 Å². The van der Waals surface area contributed by atoms with Crippen LogP contribution in [0.2, 0.25) is 0 Å². The summed E-state index contributed by atoms with van der Waals surface area (Å²) in [6, 6.07) is 14.3. The van der Waals surface area contributed by atoms with Crippen LogP contribution in [-0.4, -0.2) is 24.0 Å². The molecule has 1 atom stereocenters. The van der Waals surface area contributed by atoms with Crippen molar-refractivity contribution in [2.45, 2.75) is 39.2 Å². The molecule has 0 saturated carbocycles. The number of carbonyl (C=O) groups is 1. The van der Waals surface area contributed by atoms with Crippen molar-refractivity contribution in [2.75, 3.05) is 13.2 Å². The second-order valence-electron chi connectivity index (χ2n) is 7.34. The monoisotopic (exact) mass is 391 g/mol. The van der Waals surface area contributed by atoms with Crippen molar-refractivity contribution in [3.8, 4) is 5.75 Å². The number of hydrogen-bond acceptors (Lipinski definition) is 4. The molecule has 3 aromatic rings. The summed E-state index contributed by atoms with van der Waals surface area (Å²) in [4.78, 5) is 28.1. The molecule has 0 saturated heterocycles. The SMILES string of the molecule is CCCCOc1ccc([C@H]2c3c(oc4ccccc4c3=O)C(=O)N2CCC)cc1. The van der Waals surface area contributed by atoms with Gasteiger partial charge >= 0.3 is 0 Å². The summed E-state index contributed by atoms with van der Waals surface area (Å²) in [5.41, 5.74) is 1.63. The molecule has 0 fully saturated rings. The minimum atomic E-state index is -0.442. The van der Waals surface area contributed by atoms with Gasteiger partial charge in [-0.3, -0.25) is 9.59 Å². The summed E-state index contributed by atoms with van der Waals surface area (Å²) < 4.78 is 11.6. The molecule has 5 nitrogen and oxygen atoms in total. The van der Waals surface area contributed by atoms with Gasteiger partial charge in [-0.15, -0.1) is 0 Å². The van der Waals surface area contributed by atoms with E-state index >= 15 is 0 Å². The maximum absolute atomic E-state index is 13.3. The maximum atomic E-state index is 13.3. The Morgan fingerprint density at radius 3 is 2.48 bits per heavy atom. The quantitative estimate of drug-likeness (QED) is 0.536. The highest BCUT2D eigenvalue weighted by molar-refractivity contribution is 5.99. The Bertz CT molecular complexity index is 1080. The number of amides is 1. The summed E-state index contributed by atoms with van der Waals surface area (Å²) in [6.07, 6.45) is 2.88. The van der Waals surface area contributed by atoms with Gasteiger partial charge in [0, 0.05) is 6.54 Å². The van der Waals surface area contributed by atoms with E-state index in [1.165, 1.54) is 0 Å². The van der Waals surface area contributed by atoms with Crippen LogP contribution in [-0.2, 0) is 0 Å². The molecular formula is C24H25NO4. The molecule has 1 aliphatic rings. The molecule has 1 amide bonds. The standard InChI is InChI=1S/C24H25NO4/c1-3-5-15-28-17-12-10-16(11-13-17)21-20-22(26)18-8-6-7-9-19(18)29-23(20)24(27)25(21)14-4-2/h6-13,21H,3-5,14-15H2,1-2H3/t21-/m0/s1. The summed E-state index contributed by atoms with van der Waals surface area (Å²) in [5, 5.41) is 0.502. The lowest BCUT2D eigenvalue weighted by Crippen LogP contribution is -2.30. The number of hydrogen-bond donors (Lipinski definition) is 0. The Kier molecular flexibility index (Phi) is 5.38. The number of benzene rings is 2. The van der Waals surface area contributed by atoms with Crippen LogP contribution in [0.15, 0.2) is 57.7 Å². The smallest absolute Gasteiger partial charge is 0.290 e. The van der Waals surface area contributed by atoms with Crippen molar-refractivity contribution in [3.63, 3.8) is 0 Å². The molecular weight excluding hydrogens is 366 g/mol. The average molecular weight is 391 g/mol. The Morgan fingerprint density at radius 2 is 1.76 bits per heavy atom. The summed E-state index contributed by atoms with van der Waals surface area (Å²) in [5.74, 6) is 0.729. The lowest BCUT2D eigenvalue weighted by molar-refractivity contribution is 0.0728. The van der Waals surface area contributed by atoms with Crippen LogP contribution < -0.4 is 10.2 Å². The summed E-state index contributed by atoms with van der Waals surface area (Å²) >= 11 is 0. The Morgan fingerprint density at radius 1 is 1.00 bits per heavy atom. The van der Waals surface area contributed by atoms with Gasteiger partial charge in [-0.2, -0.15) is 0 Å². The van der Waals surface area contributed by atoms with Crippen molar-refractivity contribution in [1.82, 2.24) is 4.90 Å². The number of unbranched alkanes of at least 4 members (excludes halogenated alkanes) is 1. The largest absolute Gasteiger partial charge is 0.494 e. The highest BCUT2D eigenvalue weighted by Gasteiger charge is 2.42. The molecule has 29 heavy (non-hydrogen) atoms. The second kappa shape index (κ2) is 8.11. The van der Waals surface area contributed by atoms with E-state index in [1.807, 2.05) is 37.3 Å². The van der Waals surface area contributed by atoms with Gasteiger partial charge in [0.15, 0.2) is 5.43 Å². The Balaban J connectivity index is 1.79. The van der Waals surface area contributed by atoms with Crippen molar-refractivity contribution in [3.05, 3.63) is 75.6 Å². The van der Waals surface area contributed by atoms with Gasteiger partial charge in [-0.25, -0.2) is 0 Å². The van der Waals surface area contributed by atoms with Crippen LogP contribution in [0.3, 0.4) is 0 Å². The van der Waals surface area contributed by atoms with Crippen molar-refractivity contribution in [1.29, 1.82) is 0 Å². The fourth-order valence-electron chi connectivity index (χ4n) is 3.87. The lowest BCUT2D eigenvalue weighted by atomic mass is 9.98. The minimum absolute atomic E-state index is 0.137. The van der Waals surface area contributed by atoms with Crippen LogP contribution in [0.1, 0.15) is 60.8 Å². The predicted molar refractivity (Wildman–Crippen MR) is 112 cm³/mol. The van der Waals surface area contributed by atoms with Gasteiger partial charge in [0.25, 0.3) is 5.91 Å². The molecule has 2 heterocycles. The molecule has 0 unspecified atom stereocenters. The van der Waals surface area contributed by atoms with Crippen LogP contribution in [0, 0.1) is 0 Å². The topological polar surface area (TPSA) is 59.8 Å². The number of para-hydroxylation sites is 1. The third-order valence-electron chi connectivity index (χ3n) is 5.30. The summed E-state index contributed by atoms with van der Waals surface area (Å²) in [7, 11) is 0. The van der Waals surface area contributed by atoms with Gasteiger partial charge in [-0.05, 0) is 42.7 Å². The first kappa shape index (κ1) is 19.2. The van der Waals surface area contributed by atoms with Crippen molar-refractivity contribution < 1.29 is 13.9 Å². The predicted octanol–water partition coefficient (Wildman–Crippen LogP) is 4.93. The van der Waals surface area contributed by atoms with E-state index in [0.717, 1.165) is 30.6 Å². The average Bonchev–Trinajstić information content (AvgIpc) is 3.02. The molecule has 5 heteroatoms. The molecule has 0 N–H and O–H groups in total. The molecule has 0 spiro atoms. The van der Waals surface area contributed by atoms with Gasteiger partial charge in [0.05, 0.1) is 23.6 Å². The molecule has 0 aliphatic carbocycles. The molecule has 1 aromatic heterocycles. The number of ether oxygens (including phenoxy) is 1. The van der Waals surface area contributed by atoms with Gasteiger partial charge in [-0.1, -0.05) is 44.5 Å². The zero-order valence-corrected chi connectivity index (χ0v) is 16.8. The third kappa shape index (κ3) is 3.41. The van der Waals surface area contributed by atoms with Crippen LogP contribution in [0.4, 0.5) is 0 Å². The maximum Gasteiger partial charge on any atom is 0.290 e. The Hall–Kier alpha value is -3.08. The van der Waals surface area contributed by atoms with E-state index in [4.69, 9.17) is 9.15 Å². The van der Waals surface area contributed by atoms with Crippen LogP contribution >= 0.6 is 0 Å². The second-order valence-corrected chi connectivity index (χ2v) is 7.34. The van der Waals surface area contributed by atoms with Crippen molar-refractivity contribution >= 4 is 16.9 Å². The number of fused-ring (bicyclic) bond motifs is 2. The van der Waals surface area contributed by atoms with E-state index in [9.17, 15) is 9.59 Å². The third-order valence-corrected chi connectivity index (χ3v) is 5.30. The fourth-order valence-corrected chi connectivity index (χ4v) is 3.87. The highest BCUT2D eigenvalue weighted by Crippen LogP contribution is 2.38. The molecule has 0 radical (unpaired) electrons. The minimum Gasteiger partial charge on any atom is -0.494 e. The lowest BCUT2D eigenvalue weighted by Gasteiger charge is -2.24. The first-order chi connectivity index (χ1) is 14.2. The normalized spacial score (nSPS) is 15.7. The van der Waals surface area contributed by atoms with Crippen LogP contribution in [0.5, 0.6) is 5.75 Å². The molecule has 150 valence electrons. The molecule has 4 rings (SSSR count). The van der Waals surface area contributed by atoms with E-state index in [-0.39, 0.29) is 17.1 Å². The van der Waals surface area contributed by atoms with E-state index in [2.05, 4.69) is 6.92 Å². The van der Waals surface area contributed by atoms with Gasteiger partial charge in [0.2, 0.25) is 5.76 Å². The first-order valence-electron chi connectivity index (χ1n) is 10.2. The Labute approximate surface area is 169 Å². The first-order valence-corrected chi connectivity index (χ1v) is 10.2.